The van der Waals surface area contributed by atoms with Gasteiger partial charge in [0.2, 0.25) is 5.91 Å². The van der Waals surface area contributed by atoms with E-state index in [1.165, 1.54) is 12.1 Å². The van der Waals surface area contributed by atoms with Crippen molar-refractivity contribution in [3.63, 3.8) is 0 Å². The predicted molar refractivity (Wildman–Crippen MR) is 153 cm³/mol. The molecule has 0 aliphatic carbocycles. The topological polar surface area (TPSA) is 118 Å². The number of piperidine rings is 2. The van der Waals surface area contributed by atoms with E-state index < -0.39 is 29.7 Å². The molecule has 3 heterocycles. The van der Waals surface area contributed by atoms with Gasteiger partial charge in [-0.15, -0.1) is 13.2 Å². The van der Waals surface area contributed by atoms with Crippen molar-refractivity contribution < 1.29 is 46.6 Å². The molecule has 0 saturated carbocycles. The molecule has 5 amide bonds. The molecule has 1 aromatic rings. The standard InChI is InChI=1S/C30H41F3N4O7/c1-29(2,3)44-28(41)36-14-6-20(7-15-36)11-17-42-19-21-8-12-35(13-9-21)26(39)22-4-5-24(43-30(31,32)33)23(18-22)37-16-10-25(38)34-27(37)40/h4-5,18,20-21H,6-17,19H2,1-3H3,(H,34,38,40). The molecule has 0 radical (unpaired) electrons. The molecule has 0 atom stereocenters. The van der Waals surface area contributed by atoms with Gasteiger partial charge in [-0.25, -0.2) is 9.59 Å². The minimum absolute atomic E-state index is 0.0989. The molecule has 0 bridgehead atoms. The molecule has 4 rings (SSSR count). The average molecular weight is 627 g/mol. The van der Waals surface area contributed by atoms with Crippen LogP contribution in [0.5, 0.6) is 5.75 Å². The third kappa shape index (κ3) is 9.47. The van der Waals surface area contributed by atoms with Crippen LogP contribution in [0.1, 0.15) is 69.7 Å². The highest BCUT2D eigenvalue weighted by Gasteiger charge is 2.35. The highest BCUT2D eigenvalue weighted by Crippen LogP contribution is 2.35. The molecular weight excluding hydrogens is 585 g/mol. The molecule has 0 unspecified atom stereocenters. The minimum Gasteiger partial charge on any atom is -0.444 e. The number of nitrogens with zero attached hydrogens (tertiary/aromatic N) is 3. The summed E-state index contributed by atoms with van der Waals surface area (Å²) in [5.41, 5.74) is -0.630. The van der Waals surface area contributed by atoms with Gasteiger partial charge in [-0.1, -0.05) is 0 Å². The summed E-state index contributed by atoms with van der Waals surface area (Å²) in [6.45, 7) is 8.91. The zero-order chi connectivity index (χ0) is 32.1. The zero-order valence-electron chi connectivity index (χ0n) is 25.4. The number of anilines is 1. The van der Waals surface area contributed by atoms with Crippen molar-refractivity contribution in [2.45, 2.75) is 71.3 Å². The van der Waals surface area contributed by atoms with Gasteiger partial charge in [0.15, 0.2) is 5.75 Å². The van der Waals surface area contributed by atoms with E-state index in [1.54, 1.807) is 9.80 Å². The van der Waals surface area contributed by atoms with E-state index in [0.29, 0.717) is 45.3 Å². The minimum atomic E-state index is -5.01. The summed E-state index contributed by atoms with van der Waals surface area (Å²) >= 11 is 0. The van der Waals surface area contributed by atoms with Crippen molar-refractivity contribution in [1.82, 2.24) is 15.1 Å². The lowest BCUT2D eigenvalue weighted by molar-refractivity contribution is -0.274. The van der Waals surface area contributed by atoms with Crippen LogP contribution in [0.3, 0.4) is 0 Å². The maximum atomic E-state index is 13.3. The smallest absolute Gasteiger partial charge is 0.444 e. The Bertz CT molecular complexity index is 1200. The number of ether oxygens (including phenoxy) is 3. The first-order chi connectivity index (χ1) is 20.7. The Morgan fingerprint density at radius 1 is 0.932 bits per heavy atom. The van der Waals surface area contributed by atoms with Crippen LogP contribution in [0, 0.1) is 11.8 Å². The number of carbonyl (C=O) groups is 4. The number of halogens is 3. The summed E-state index contributed by atoms with van der Waals surface area (Å²) < 4.78 is 54.6. The Morgan fingerprint density at radius 2 is 1.57 bits per heavy atom. The maximum Gasteiger partial charge on any atom is 0.573 e. The maximum absolute atomic E-state index is 13.3. The summed E-state index contributed by atoms with van der Waals surface area (Å²) in [4.78, 5) is 53.8. The molecule has 3 fully saturated rings. The summed E-state index contributed by atoms with van der Waals surface area (Å²) in [5.74, 6) is -0.772. The van der Waals surface area contributed by atoms with Gasteiger partial charge in [-0.05, 0) is 82.9 Å². The van der Waals surface area contributed by atoms with Gasteiger partial charge in [0.05, 0.1) is 5.69 Å². The van der Waals surface area contributed by atoms with Gasteiger partial charge in [-0.2, -0.15) is 0 Å². The van der Waals surface area contributed by atoms with E-state index in [1.807, 2.05) is 20.8 Å². The molecule has 14 heteroatoms. The number of imide groups is 1. The lowest BCUT2D eigenvalue weighted by Crippen LogP contribution is -2.49. The van der Waals surface area contributed by atoms with E-state index in [2.05, 4.69) is 10.1 Å². The van der Waals surface area contributed by atoms with Crippen LogP contribution >= 0.6 is 0 Å². The number of alkyl halides is 3. The number of amides is 5. The molecule has 44 heavy (non-hydrogen) atoms. The van der Waals surface area contributed by atoms with Crippen LogP contribution in [0.15, 0.2) is 18.2 Å². The number of rotatable bonds is 8. The second-order valence-corrected chi connectivity index (χ2v) is 12.5. The van der Waals surface area contributed by atoms with Crippen LogP contribution in [-0.4, -0.2) is 91.6 Å². The van der Waals surface area contributed by atoms with E-state index in [4.69, 9.17) is 9.47 Å². The van der Waals surface area contributed by atoms with Gasteiger partial charge < -0.3 is 24.0 Å². The number of urea groups is 1. The summed E-state index contributed by atoms with van der Waals surface area (Å²) in [6, 6.07) is 2.57. The predicted octanol–water partition coefficient (Wildman–Crippen LogP) is 4.94. The van der Waals surface area contributed by atoms with Crippen LogP contribution in [0.2, 0.25) is 0 Å². The fourth-order valence-corrected chi connectivity index (χ4v) is 5.58. The van der Waals surface area contributed by atoms with Crippen molar-refractivity contribution in [3.05, 3.63) is 23.8 Å². The second-order valence-electron chi connectivity index (χ2n) is 12.5. The van der Waals surface area contributed by atoms with E-state index >= 15 is 0 Å². The van der Waals surface area contributed by atoms with Gasteiger partial charge in [0, 0.05) is 57.9 Å². The van der Waals surface area contributed by atoms with Crippen LogP contribution in [0.4, 0.5) is 28.4 Å². The number of hydrogen-bond acceptors (Lipinski definition) is 7. The monoisotopic (exact) mass is 626 g/mol. The van der Waals surface area contributed by atoms with Gasteiger partial charge in [-0.3, -0.25) is 19.8 Å². The Balaban J connectivity index is 1.22. The molecule has 244 valence electrons. The fraction of sp³-hybridized carbons (Fsp3) is 0.667. The van der Waals surface area contributed by atoms with E-state index in [9.17, 15) is 32.3 Å². The third-order valence-corrected chi connectivity index (χ3v) is 7.97. The molecule has 1 aromatic carbocycles. The average Bonchev–Trinajstić information content (AvgIpc) is 2.94. The molecular formula is C30H41F3N4O7. The fourth-order valence-electron chi connectivity index (χ4n) is 5.58. The first kappa shape index (κ1) is 33.3. The van der Waals surface area contributed by atoms with Gasteiger partial charge in [0.25, 0.3) is 5.91 Å². The molecule has 0 aromatic heterocycles. The lowest BCUT2D eigenvalue weighted by Gasteiger charge is -2.34. The zero-order valence-corrected chi connectivity index (χ0v) is 25.4. The molecule has 0 spiro atoms. The van der Waals surface area contributed by atoms with Crippen molar-refractivity contribution in [2.75, 3.05) is 50.8 Å². The van der Waals surface area contributed by atoms with Crippen molar-refractivity contribution in [3.8, 4) is 5.75 Å². The van der Waals surface area contributed by atoms with Crippen molar-refractivity contribution in [2.24, 2.45) is 11.8 Å². The number of carbonyl (C=O) groups excluding carboxylic acids is 4. The first-order valence-electron chi connectivity index (χ1n) is 15.0. The third-order valence-electron chi connectivity index (χ3n) is 7.97. The molecule has 1 N–H and O–H groups in total. The highest BCUT2D eigenvalue weighted by atomic mass is 19.4. The van der Waals surface area contributed by atoms with Crippen LogP contribution in [0.25, 0.3) is 0 Å². The number of likely N-dealkylation sites (tertiary alicyclic amines) is 2. The normalized spacial score (nSPS) is 19.2. The Kier molecular flexibility index (Phi) is 10.6. The second kappa shape index (κ2) is 14.0. The van der Waals surface area contributed by atoms with Crippen molar-refractivity contribution in [1.29, 1.82) is 0 Å². The highest BCUT2D eigenvalue weighted by molar-refractivity contribution is 6.07. The Hall–Kier alpha value is -3.55. The quantitative estimate of drug-likeness (QED) is 0.407. The summed E-state index contributed by atoms with van der Waals surface area (Å²) in [7, 11) is 0. The number of hydrogen-bond donors (Lipinski definition) is 1. The lowest BCUT2D eigenvalue weighted by atomic mass is 9.94. The van der Waals surface area contributed by atoms with Gasteiger partial charge in [0.1, 0.15) is 5.60 Å². The molecule has 3 aliphatic rings. The summed E-state index contributed by atoms with van der Waals surface area (Å²) in [6.07, 6.45) is -1.19. The van der Waals surface area contributed by atoms with Gasteiger partial charge >= 0.3 is 18.5 Å². The SMILES string of the molecule is CC(C)(C)OC(=O)N1CCC(CCOCC2CCN(C(=O)c3ccc(OC(F)(F)F)c(N4CCC(=O)NC4=O)c3)CC2)CC1. The van der Waals surface area contributed by atoms with E-state index in [-0.39, 0.29) is 42.1 Å². The largest absolute Gasteiger partial charge is 0.573 e. The number of benzene rings is 1. The molecule has 11 nitrogen and oxygen atoms in total. The number of nitrogens with one attached hydrogen (secondary N) is 1. The van der Waals surface area contributed by atoms with Crippen LogP contribution in [-0.2, 0) is 14.3 Å². The molecule has 3 saturated heterocycles. The Morgan fingerprint density at radius 3 is 2.18 bits per heavy atom. The Labute approximate surface area is 254 Å². The summed E-state index contributed by atoms with van der Waals surface area (Å²) in [5, 5.41) is 2.07. The van der Waals surface area contributed by atoms with Crippen LogP contribution < -0.4 is 15.0 Å². The molecule has 3 aliphatic heterocycles. The van der Waals surface area contributed by atoms with Crippen molar-refractivity contribution >= 4 is 29.6 Å². The first-order valence-corrected chi connectivity index (χ1v) is 15.0. The van der Waals surface area contributed by atoms with E-state index in [0.717, 1.165) is 43.1 Å².